The molecule has 1 N–H and O–H groups in total. The molecular weight excluding hydrogens is 258 g/mol. The van der Waals surface area contributed by atoms with Crippen molar-refractivity contribution in [1.82, 2.24) is 4.98 Å². The Balaban J connectivity index is 1.98. The van der Waals surface area contributed by atoms with E-state index in [-0.39, 0.29) is 12.0 Å². The van der Waals surface area contributed by atoms with Crippen LogP contribution in [-0.4, -0.2) is 50.4 Å². The zero-order chi connectivity index (χ0) is 14.4. The second kappa shape index (κ2) is 7.09. The number of hydrogen-bond acceptors (Lipinski definition) is 6. The Hall–Kier alpha value is -1.82. The Morgan fingerprint density at radius 3 is 2.80 bits per heavy atom. The van der Waals surface area contributed by atoms with E-state index in [1.165, 1.54) is 7.11 Å². The molecule has 1 unspecified atom stereocenters. The number of nitrogens with zero attached hydrogens (tertiary/aromatic N) is 2. The molecule has 110 valence electrons. The number of aromatic nitrogens is 1. The highest BCUT2D eigenvalue weighted by molar-refractivity contribution is 5.79. The van der Waals surface area contributed by atoms with Gasteiger partial charge in [-0.1, -0.05) is 6.92 Å². The predicted octanol–water partition coefficient (Wildman–Crippen LogP) is 1.28. The number of carbonyl (C=O) groups excluding carboxylic acids is 1. The van der Waals surface area contributed by atoms with E-state index in [9.17, 15) is 4.79 Å². The zero-order valence-electron chi connectivity index (χ0n) is 12.0. The molecule has 1 aliphatic heterocycles. The van der Waals surface area contributed by atoms with Gasteiger partial charge in [-0.05, 0) is 18.6 Å². The van der Waals surface area contributed by atoms with Crippen LogP contribution in [0.4, 0.5) is 11.5 Å². The number of hydrogen-bond donors (Lipinski definition) is 1. The fourth-order valence-electron chi connectivity index (χ4n) is 2.12. The minimum Gasteiger partial charge on any atom is -0.467 e. The SMILES string of the molecule is CCC(Nc1ccc(N2CCOCC2)nc1)C(=O)OC. The Kier molecular flexibility index (Phi) is 5.17. The van der Waals surface area contributed by atoms with Crippen LogP contribution < -0.4 is 10.2 Å². The lowest BCUT2D eigenvalue weighted by Crippen LogP contribution is -2.36. The van der Waals surface area contributed by atoms with Gasteiger partial charge in [-0.2, -0.15) is 0 Å². The summed E-state index contributed by atoms with van der Waals surface area (Å²) in [4.78, 5) is 18.2. The monoisotopic (exact) mass is 279 g/mol. The number of rotatable bonds is 5. The molecule has 6 nitrogen and oxygen atoms in total. The quantitative estimate of drug-likeness (QED) is 0.819. The van der Waals surface area contributed by atoms with Gasteiger partial charge in [-0.3, -0.25) is 0 Å². The molecule has 1 saturated heterocycles. The normalized spacial score (nSPS) is 16.6. The lowest BCUT2D eigenvalue weighted by atomic mass is 10.2. The summed E-state index contributed by atoms with van der Waals surface area (Å²) < 4.78 is 10.1. The molecule has 1 atom stereocenters. The highest BCUT2D eigenvalue weighted by atomic mass is 16.5. The number of carbonyl (C=O) groups is 1. The predicted molar refractivity (Wildman–Crippen MR) is 77.0 cm³/mol. The van der Waals surface area contributed by atoms with Crippen LogP contribution in [0.5, 0.6) is 0 Å². The Labute approximate surface area is 119 Å². The van der Waals surface area contributed by atoms with Crippen molar-refractivity contribution in [3.63, 3.8) is 0 Å². The molecule has 1 fully saturated rings. The topological polar surface area (TPSA) is 63.7 Å². The minimum atomic E-state index is -0.337. The van der Waals surface area contributed by atoms with Crippen molar-refractivity contribution in [1.29, 1.82) is 0 Å². The highest BCUT2D eigenvalue weighted by Crippen LogP contribution is 2.16. The number of morpholine rings is 1. The first-order valence-corrected chi connectivity index (χ1v) is 6.87. The second-order valence-electron chi connectivity index (χ2n) is 4.63. The van der Waals surface area contributed by atoms with E-state index >= 15 is 0 Å². The second-order valence-corrected chi connectivity index (χ2v) is 4.63. The fraction of sp³-hybridized carbons (Fsp3) is 0.571. The summed E-state index contributed by atoms with van der Waals surface area (Å²) in [5.41, 5.74) is 0.819. The van der Waals surface area contributed by atoms with Gasteiger partial charge in [0.15, 0.2) is 0 Å². The summed E-state index contributed by atoms with van der Waals surface area (Å²) in [7, 11) is 1.40. The summed E-state index contributed by atoms with van der Waals surface area (Å²) in [5.74, 6) is 0.676. The molecule has 2 rings (SSSR count). The number of esters is 1. The molecule has 0 amide bonds. The Bertz CT molecular complexity index is 430. The van der Waals surface area contributed by atoms with E-state index in [0.717, 1.165) is 37.8 Å². The summed E-state index contributed by atoms with van der Waals surface area (Å²) >= 11 is 0. The number of anilines is 2. The van der Waals surface area contributed by atoms with Gasteiger partial charge in [0.25, 0.3) is 0 Å². The Morgan fingerprint density at radius 1 is 1.50 bits per heavy atom. The first-order valence-electron chi connectivity index (χ1n) is 6.87. The van der Waals surface area contributed by atoms with Gasteiger partial charge in [-0.25, -0.2) is 9.78 Å². The lowest BCUT2D eigenvalue weighted by Gasteiger charge is -2.27. The van der Waals surface area contributed by atoms with Crippen LogP contribution in [-0.2, 0) is 14.3 Å². The molecule has 0 radical (unpaired) electrons. The van der Waals surface area contributed by atoms with Gasteiger partial charge in [0.2, 0.25) is 0 Å². The minimum absolute atomic E-state index is 0.259. The molecule has 0 aliphatic carbocycles. The van der Waals surface area contributed by atoms with Gasteiger partial charge in [0.05, 0.1) is 32.2 Å². The third kappa shape index (κ3) is 3.60. The van der Waals surface area contributed by atoms with Crippen LogP contribution in [0.2, 0.25) is 0 Å². The van der Waals surface area contributed by atoms with Crippen molar-refractivity contribution in [2.24, 2.45) is 0 Å². The molecule has 2 heterocycles. The van der Waals surface area contributed by atoms with Gasteiger partial charge < -0.3 is 19.7 Å². The van der Waals surface area contributed by atoms with Crippen molar-refractivity contribution >= 4 is 17.5 Å². The number of ether oxygens (including phenoxy) is 2. The van der Waals surface area contributed by atoms with E-state index in [2.05, 4.69) is 15.2 Å². The maximum atomic E-state index is 11.5. The van der Waals surface area contributed by atoms with E-state index in [1.807, 2.05) is 19.1 Å². The number of nitrogens with one attached hydrogen (secondary N) is 1. The van der Waals surface area contributed by atoms with Gasteiger partial charge in [-0.15, -0.1) is 0 Å². The third-order valence-corrected chi connectivity index (χ3v) is 3.32. The molecule has 20 heavy (non-hydrogen) atoms. The molecule has 6 heteroatoms. The van der Waals surface area contributed by atoms with Crippen LogP contribution in [0.25, 0.3) is 0 Å². The van der Waals surface area contributed by atoms with Gasteiger partial charge in [0.1, 0.15) is 11.9 Å². The number of pyridine rings is 1. The third-order valence-electron chi connectivity index (χ3n) is 3.32. The van der Waals surface area contributed by atoms with Crippen LogP contribution in [0.15, 0.2) is 18.3 Å². The standard InChI is InChI=1S/C14H21N3O3/c1-3-12(14(18)19-2)16-11-4-5-13(15-10-11)17-6-8-20-9-7-17/h4-5,10,12,16H,3,6-9H2,1-2H3. The van der Waals surface area contributed by atoms with E-state index < -0.39 is 0 Å². The molecule has 1 aliphatic rings. The fourth-order valence-corrected chi connectivity index (χ4v) is 2.12. The first-order chi connectivity index (χ1) is 9.74. The summed E-state index contributed by atoms with van der Waals surface area (Å²) in [6, 6.07) is 3.55. The van der Waals surface area contributed by atoms with Crippen molar-refractivity contribution in [3.05, 3.63) is 18.3 Å². The van der Waals surface area contributed by atoms with Crippen LogP contribution in [0, 0.1) is 0 Å². The van der Waals surface area contributed by atoms with E-state index in [4.69, 9.17) is 9.47 Å². The van der Waals surface area contributed by atoms with Crippen molar-refractivity contribution in [2.75, 3.05) is 43.6 Å². The van der Waals surface area contributed by atoms with Gasteiger partial charge in [0, 0.05) is 13.1 Å². The number of methoxy groups -OCH3 is 1. The zero-order valence-corrected chi connectivity index (χ0v) is 12.0. The Morgan fingerprint density at radius 2 is 2.25 bits per heavy atom. The first kappa shape index (κ1) is 14.6. The molecule has 0 spiro atoms. The summed E-state index contributed by atoms with van der Waals surface area (Å²) in [5, 5.41) is 3.13. The lowest BCUT2D eigenvalue weighted by molar-refractivity contribution is -0.141. The maximum Gasteiger partial charge on any atom is 0.328 e. The van der Waals surface area contributed by atoms with Crippen LogP contribution in [0.1, 0.15) is 13.3 Å². The maximum absolute atomic E-state index is 11.5. The average Bonchev–Trinajstić information content (AvgIpc) is 2.53. The van der Waals surface area contributed by atoms with Crippen LogP contribution in [0.3, 0.4) is 0 Å². The molecular formula is C14H21N3O3. The van der Waals surface area contributed by atoms with Crippen molar-refractivity contribution < 1.29 is 14.3 Å². The summed E-state index contributed by atoms with van der Waals surface area (Å²) in [6.45, 7) is 5.13. The van der Waals surface area contributed by atoms with Crippen LogP contribution >= 0.6 is 0 Å². The highest BCUT2D eigenvalue weighted by Gasteiger charge is 2.17. The largest absolute Gasteiger partial charge is 0.467 e. The van der Waals surface area contributed by atoms with Crippen molar-refractivity contribution in [3.8, 4) is 0 Å². The van der Waals surface area contributed by atoms with E-state index in [1.54, 1.807) is 6.20 Å². The van der Waals surface area contributed by atoms with Gasteiger partial charge >= 0.3 is 5.97 Å². The molecule has 0 bridgehead atoms. The van der Waals surface area contributed by atoms with Crippen molar-refractivity contribution in [2.45, 2.75) is 19.4 Å². The molecule has 1 aromatic heterocycles. The average molecular weight is 279 g/mol. The molecule has 0 saturated carbocycles. The van der Waals surface area contributed by atoms with E-state index in [0.29, 0.717) is 6.42 Å². The molecule has 1 aromatic rings. The summed E-state index contributed by atoms with van der Waals surface area (Å²) in [6.07, 6.45) is 2.41. The molecule has 0 aromatic carbocycles. The smallest absolute Gasteiger partial charge is 0.328 e.